The number of sulfonamides is 1. The maximum Gasteiger partial charge on any atom is 0.241 e. The van der Waals surface area contributed by atoms with E-state index in [4.69, 9.17) is 10.9 Å². The molecule has 1 unspecified atom stereocenters. The fourth-order valence-electron chi connectivity index (χ4n) is 1.58. The van der Waals surface area contributed by atoms with E-state index in [9.17, 15) is 13.2 Å². The van der Waals surface area contributed by atoms with Gasteiger partial charge in [0.05, 0.1) is 10.9 Å². The number of nitrogens with two attached hydrogens (primary N) is 2. The molecule has 0 fully saturated rings. The second-order valence-corrected chi connectivity index (χ2v) is 5.97. The maximum atomic E-state index is 11.8. The molecule has 106 valence electrons. The van der Waals surface area contributed by atoms with Gasteiger partial charge in [-0.15, -0.1) is 0 Å². The Morgan fingerprint density at radius 1 is 1.42 bits per heavy atom. The molecule has 1 amide bonds. The Labute approximate surface area is 113 Å². The molecule has 19 heavy (non-hydrogen) atoms. The SMILES string of the molecule is CCCC(N)C(=O)Nc1cc(S(N)(=O)=O)ccc1C. The lowest BCUT2D eigenvalue weighted by atomic mass is 10.1. The van der Waals surface area contributed by atoms with E-state index >= 15 is 0 Å². The topological polar surface area (TPSA) is 115 Å². The van der Waals surface area contributed by atoms with Gasteiger partial charge in [0, 0.05) is 5.69 Å². The van der Waals surface area contributed by atoms with E-state index < -0.39 is 16.1 Å². The number of primary sulfonamides is 1. The van der Waals surface area contributed by atoms with Gasteiger partial charge in [0.2, 0.25) is 15.9 Å². The van der Waals surface area contributed by atoms with Crippen molar-refractivity contribution >= 4 is 21.6 Å². The highest BCUT2D eigenvalue weighted by atomic mass is 32.2. The van der Waals surface area contributed by atoms with E-state index in [1.54, 1.807) is 13.0 Å². The van der Waals surface area contributed by atoms with Gasteiger partial charge in [-0.3, -0.25) is 4.79 Å². The zero-order valence-corrected chi connectivity index (χ0v) is 11.8. The number of amides is 1. The van der Waals surface area contributed by atoms with E-state index in [0.29, 0.717) is 12.1 Å². The first kappa shape index (κ1) is 15.6. The minimum absolute atomic E-state index is 0.0440. The fraction of sp³-hybridized carbons (Fsp3) is 0.417. The van der Waals surface area contributed by atoms with Crippen LogP contribution in [0.2, 0.25) is 0 Å². The van der Waals surface area contributed by atoms with Crippen LogP contribution in [0, 0.1) is 6.92 Å². The van der Waals surface area contributed by atoms with Crippen molar-refractivity contribution in [2.75, 3.05) is 5.32 Å². The van der Waals surface area contributed by atoms with Crippen LogP contribution in [0.3, 0.4) is 0 Å². The summed E-state index contributed by atoms with van der Waals surface area (Å²) in [5, 5.41) is 7.67. The number of carbonyl (C=O) groups excluding carboxylic acids is 1. The van der Waals surface area contributed by atoms with Gasteiger partial charge in [0.1, 0.15) is 0 Å². The summed E-state index contributed by atoms with van der Waals surface area (Å²) in [5.74, 6) is -0.337. The standard InChI is InChI=1S/C12H19N3O3S/c1-3-4-10(13)12(16)15-11-7-9(19(14,17)18)6-5-8(11)2/h5-7,10H,3-4,13H2,1-2H3,(H,15,16)(H2,14,17,18). The Morgan fingerprint density at radius 2 is 2.05 bits per heavy atom. The van der Waals surface area contributed by atoms with Crippen LogP contribution in [0.5, 0.6) is 0 Å². The molecule has 0 radical (unpaired) electrons. The van der Waals surface area contributed by atoms with Crippen molar-refractivity contribution in [3.05, 3.63) is 23.8 Å². The average Bonchev–Trinajstić information content (AvgIpc) is 2.30. The second-order valence-electron chi connectivity index (χ2n) is 4.41. The normalized spacial score (nSPS) is 13.1. The second kappa shape index (κ2) is 6.14. The van der Waals surface area contributed by atoms with Crippen molar-refractivity contribution < 1.29 is 13.2 Å². The van der Waals surface area contributed by atoms with Crippen LogP contribution < -0.4 is 16.2 Å². The van der Waals surface area contributed by atoms with Crippen molar-refractivity contribution in [3.63, 3.8) is 0 Å². The van der Waals surface area contributed by atoms with Crippen LogP contribution in [-0.2, 0) is 14.8 Å². The number of anilines is 1. The van der Waals surface area contributed by atoms with Gasteiger partial charge >= 0.3 is 0 Å². The summed E-state index contributed by atoms with van der Waals surface area (Å²) in [5.41, 5.74) is 6.84. The van der Waals surface area contributed by atoms with Crippen LogP contribution in [0.4, 0.5) is 5.69 Å². The molecular weight excluding hydrogens is 266 g/mol. The number of hydrogen-bond acceptors (Lipinski definition) is 4. The lowest BCUT2D eigenvalue weighted by Crippen LogP contribution is -2.35. The Bertz CT molecular complexity index is 570. The maximum absolute atomic E-state index is 11.8. The van der Waals surface area contributed by atoms with E-state index in [1.165, 1.54) is 12.1 Å². The lowest BCUT2D eigenvalue weighted by molar-refractivity contribution is -0.117. The molecule has 0 bridgehead atoms. The molecule has 0 saturated carbocycles. The Hall–Kier alpha value is -1.44. The third-order valence-electron chi connectivity index (χ3n) is 2.73. The fourth-order valence-corrected chi connectivity index (χ4v) is 2.12. The molecule has 1 aromatic rings. The van der Waals surface area contributed by atoms with Crippen molar-refractivity contribution in [2.24, 2.45) is 10.9 Å². The summed E-state index contributed by atoms with van der Waals surface area (Å²) < 4.78 is 22.5. The van der Waals surface area contributed by atoms with Crippen LogP contribution in [-0.4, -0.2) is 20.4 Å². The first-order valence-electron chi connectivity index (χ1n) is 5.95. The largest absolute Gasteiger partial charge is 0.324 e. The monoisotopic (exact) mass is 285 g/mol. The molecule has 6 nitrogen and oxygen atoms in total. The molecule has 1 atom stereocenters. The molecule has 1 aromatic carbocycles. The highest BCUT2D eigenvalue weighted by molar-refractivity contribution is 7.89. The summed E-state index contributed by atoms with van der Waals surface area (Å²) in [6.45, 7) is 3.69. The highest BCUT2D eigenvalue weighted by Gasteiger charge is 2.15. The van der Waals surface area contributed by atoms with E-state index in [0.717, 1.165) is 12.0 Å². The molecule has 0 spiro atoms. The predicted octanol–water partition coefficient (Wildman–Crippen LogP) is 0.708. The smallest absolute Gasteiger partial charge is 0.241 e. The molecule has 0 aromatic heterocycles. The summed E-state index contributed by atoms with van der Waals surface area (Å²) in [6.07, 6.45) is 1.37. The molecule has 0 aliphatic rings. The van der Waals surface area contributed by atoms with E-state index in [1.807, 2.05) is 6.92 Å². The lowest BCUT2D eigenvalue weighted by Gasteiger charge is -2.13. The molecule has 0 aliphatic carbocycles. The minimum atomic E-state index is -3.79. The predicted molar refractivity (Wildman–Crippen MR) is 74.1 cm³/mol. The average molecular weight is 285 g/mol. The highest BCUT2D eigenvalue weighted by Crippen LogP contribution is 2.19. The van der Waals surface area contributed by atoms with Crippen LogP contribution in [0.25, 0.3) is 0 Å². The molecule has 7 heteroatoms. The van der Waals surface area contributed by atoms with Crippen LogP contribution >= 0.6 is 0 Å². The Morgan fingerprint density at radius 3 is 2.58 bits per heavy atom. The summed E-state index contributed by atoms with van der Waals surface area (Å²) in [7, 11) is -3.79. The number of benzene rings is 1. The van der Waals surface area contributed by atoms with Gasteiger partial charge in [-0.05, 0) is 31.0 Å². The van der Waals surface area contributed by atoms with Gasteiger partial charge in [0.25, 0.3) is 0 Å². The zero-order valence-electron chi connectivity index (χ0n) is 11.0. The third-order valence-corrected chi connectivity index (χ3v) is 3.64. The van der Waals surface area contributed by atoms with Crippen molar-refractivity contribution in [1.82, 2.24) is 0 Å². The molecule has 0 aliphatic heterocycles. The van der Waals surface area contributed by atoms with E-state index in [-0.39, 0.29) is 10.8 Å². The molecule has 0 saturated heterocycles. The molecule has 5 N–H and O–H groups in total. The first-order chi connectivity index (χ1) is 8.75. The first-order valence-corrected chi connectivity index (χ1v) is 7.50. The van der Waals surface area contributed by atoms with Crippen LogP contribution in [0.15, 0.2) is 23.1 Å². The summed E-state index contributed by atoms with van der Waals surface area (Å²) >= 11 is 0. The number of nitrogens with one attached hydrogen (secondary N) is 1. The minimum Gasteiger partial charge on any atom is -0.324 e. The summed E-state index contributed by atoms with van der Waals surface area (Å²) in [4.78, 5) is 11.8. The zero-order chi connectivity index (χ0) is 14.6. The van der Waals surface area contributed by atoms with Gasteiger partial charge in [-0.2, -0.15) is 0 Å². The van der Waals surface area contributed by atoms with Gasteiger partial charge in [-0.25, -0.2) is 13.6 Å². The van der Waals surface area contributed by atoms with E-state index in [2.05, 4.69) is 5.32 Å². The number of aryl methyl sites for hydroxylation is 1. The summed E-state index contributed by atoms with van der Waals surface area (Å²) in [6, 6.07) is 3.70. The number of carbonyl (C=O) groups is 1. The molecule has 1 rings (SSSR count). The van der Waals surface area contributed by atoms with Gasteiger partial charge in [-0.1, -0.05) is 19.4 Å². The molecular formula is C12H19N3O3S. The molecule has 0 heterocycles. The Kier molecular flexibility index (Phi) is 5.04. The van der Waals surface area contributed by atoms with Crippen molar-refractivity contribution in [3.8, 4) is 0 Å². The van der Waals surface area contributed by atoms with Gasteiger partial charge in [0.15, 0.2) is 0 Å². The van der Waals surface area contributed by atoms with Crippen molar-refractivity contribution in [2.45, 2.75) is 37.6 Å². The quantitative estimate of drug-likeness (QED) is 0.738. The Balaban J connectivity index is 2.98. The third kappa shape index (κ3) is 4.30. The van der Waals surface area contributed by atoms with Gasteiger partial charge < -0.3 is 11.1 Å². The van der Waals surface area contributed by atoms with Crippen LogP contribution in [0.1, 0.15) is 25.3 Å². The van der Waals surface area contributed by atoms with Crippen molar-refractivity contribution in [1.29, 1.82) is 0 Å². The number of hydrogen-bond donors (Lipinski definition) is 3. The number of rotatable bonds is 5.